The maximum absolute atomic E-state index is 12.1. The fourth-order valence-electron chi connectivity index (χ4n) is 2.13. The van der Waals surface area contributed by atoms with Crippen molar-refractivity contribution < 1.29 is 14.6 Å². The van der Waals surface area contributed by atoms with Crippen LogP contribution in [0.5, 0.6) is 11.5 Å². The molecule has 0 aliphatic carbocycles. The second-order valence-electron chi connectivity index (χ2n) is 4.99. The van der Waals surface area contributed by atoms with E-state index in [4.69, 9.17) is 4.74 Å². The minimum atomic E-state index is -0.275. The van der Waals surface area contributed by atoms with Crippen LogP contribution in [0.15, 0.2) is 60.1 Å². The van der Waals surface area contributed by atoms with Gasteiger partial charge in [0.25, 0.3) is 0 Å². The van der Waals surface area contributed by atoms with Gasteiger partial charge in [-0.2, -0.15) is 0 Å². The summed E-state index contributed by atoms with van der Waals surface area (Å²) in [5.74, 6) is 0.714. The van der Waals surface area contributed by atoms with E-state index in [0.29, 0.717) is 5.16 Å². The fourth-order valence-corrected chi connectivity index (χ4v) is 2.90. The molecule has 1 amide bonds. The third-order valence-electron chi connectivity index (χ3n) is 3.33. The summed E-state index contributed by atoms with van der Waals surface area (Å²) in [7, 11) is 1.62. The van der Waals surface area contributed by atoms with E-state index in [-0.39, 0.29) is 23.2 Å². The Morgan fingerprint density at radius 3 is 2.76 bits per heavy atom. The molecule has 3 rings (SSSR count). The number of aromatic nitrogens is 3. The lowest BCUT2D eigenvalue weighted by molar-refractivity contribution is -0.113. The third-order valence-corrected chi connectivity index (χ3v) is 4.30. The fraction of sp³-hybridized carbons (Fsp3) is 0.118. The van der Waals surface area contributed by atoms with Gasteiger partial charge in [0, 0.05) is 24.3 Å². The van der Waals surface area contributed by atoms with E-state index in [1.807, 2.05) is 35.0 Å². The molecule has 25 heavy (non-hydrogen) atoms. The molecular formula is C17H16N4O3S. The zero-order valence-electron chi connectivity index (χ0n) is 13.4. The standard InChI is InChI=1S/C17H16N4O3S/c1-24-13-6-4-12(5-7-13)21-10-9-19-17(21)25-11-15(23)20-16-14(22)3-2-8-18-16/h2-10,22H,11H2,1H3,(H,18,20,23). The molecule has 0 saturated carbocycles. The van der Waals surface area contributed by atoms with E-state index in [1.54, 1.807) is 19.4 Å². The highest BCUT2D eigenvalue weighted by atomic mass is 32.2. The monoisotopic (exact) mass is 356 g/mol. The molecular weight excluding hydrogens is 340 g/mol. The molecule has 0 radical (unpaired) electrons. The average Bonchev–Trinajstić information content (AvgIpc) is 3.10. The second kappa shape index (κ2) is 7.71. The molecule has 2 heterocycles. The summed E-state index contributed by atoms with van der Waals surface area (Å²) in [5.41, 5.74) is 0.920. The van der Waals surface area contributed by atoms with Gasteiger partial charge in [-0.1, -0.05) is 11.8 Å². The number of rotatable bonds is 6. The van der Waals surface area contributed by atoms with Gasteiger partial charge in [0.15, 0.2) is 16.7 Å². The van der Waals surface area contributed by atoms with Gasteiger partial charge in [0.1, 0.15) is 5.75 Å². The molecule has 128 valence electrons. The summed E-state index contributed by atoms with van der Waals surface area (Å²) in [5, 5.41) is 12.9. The number of methoxy groups -OCH3 is 1. The molecule has 2 aromatic heterocycles. The number of imidazole rings is 1. The summed E-state index contributed by atoms with van der Waals surface area (Å²) < 4.78 is 7.04. The lowest BCUT2D eigenvalue weighted by atomic mass is 10.3. The summed E-state index contributed by atoms with van der Waals surface area (Å²) >= 11 is 1.29. The van der Waals surface area contributed by atoms with Crippen molar-refractivity contribution in [2.45, 2.75) is 5.16 Å². The van der Waals surface area contributed by atoms with E-state index in [9.17, 15) is 9.90 Å². The molecule has 0 bridgehead atoms. The van der Waals surface area contributed by atoms with Gasteiger partial charge >= 0.3 is 0 Å². The van der Waals surface area contributed by atoms with Crippen molar-refractivity contribution >= 4 is 23.5 Å². The summed E-state index contributed by atoms with van der Waals surface area (Å²) in [4.78, 5) is 20.3. The Labute approximate surface area is 148 Å². The molecule has 7 nitrogen and oxygen atoms in total. The van der Waals surface area contributed by atoms with Crippen LogP contribution >= 0.6 is 11.8 Å². The molecule has 0 atom stereocenters. The Bertz CT molecular complexity index is 864. The van der Waals surface area contributed by atoms with Crippen molar-refractivity contribution in [2.24, 2.45) is 0 Å². The van der Waals surface area contributed by atoms with Crippen LogP contribution in [0.3, 0.4) is 0 Å². The largest absolute Gasteiger partial charge is 0.504 e. The van der Waals surface area contributed by atoms with Crippen LogP contribution in [-0.4, -0.2) is 38.4 Å². The molecule has 2 N–H and O–H groups in total. The molecule has 0 aliphatic heterocycles. The van der Waals surface area contributed by atoms with Crippen molar-refractivity contribution in [1.82, 2.24) is 14.5 Å². The van der Waals surface area contributed by atoms with E-state index < -0.39 is 0 Å². The summed E-state index contributed by atoms with van der Waals surface area (Å²) in [6, 6.07) is 10.6. The molecule has 8 heteroatoms. The smallest absolute Gasteiger partial charge is 0.236 e. The first-order chi connectivity index (χ1) is 12.2. The Balaban J connectivity index is 1.65. The van der Waals surface area contributed by atoms with Crippen molar-refractivity contribution in [3.8, 4) is 17.2 Å². The number of amides is 1. The predicted molar refractivity (Wildman–Crippen MR) is 95.4 cm³/mol. The van der Waals surface area contributed by atoms with Crippen molar-refractivity contribution in [3.63, 3.8) is 0 Å². The van der Waals surface area contributed by atoms with Crippen molar-refractivity contribution in [1.29, 1.82) is 0 Å². The van der Waals surface area contributed by atoms with Gasteiger partial charge in [-0.05, 0) is 36.4 Å². The van der Waals surface area contributed by atoms with Crippen molar-refractivity contribution in [3.05, 3.63) is 55.0 Å². The quantitative estimate of drug-likeness (QED) is 0.660. The van der Waals surface area contributed by atoms with Gasteiger partial charge in [0.2, 0.25) is 5.91 Å². The molecule has 0 aliphatic rings. The number of ether oxygens (including phenoxy) is 1. The highest BCUT2D eigenvalue weighted by molar-refractivity contribution is 7.99. The number of nitrogens with zero attached hydrogens (tertiary/aromatic N) is 3. The van der Waals surface area contributed by atoms with Crippen LogP contribution in [0, 0.1) is 0 Å². The zero-order valence-corrected chi connectivity index (χ0v) is 14.2. The second-order valence-corrected chi connectivity index (χ2v) is 5.93. The average molecular weight is 356 g/mol. The first kappa shape index (κ1) is 16.8. The Hall–Kier alpha value is -3.00. The van der Waals surface area contributed by atoms with Gasteiger partial charge in [-0.3, -0.25) is 9.36 Å². The van der Waals surface area contributed by atoms with Gasteiger partial charge < -0.3 is 15.2 Å². The van der Waals surface area contributed by atoms with E-state index in [1.165, 1.54) is 24.0 Å². The normalized spacial score (nSPS) is 10.4. The number of benzene rings is 1. The van der Waals surface area contributed by atoms with E-state index >= 15 is 0 Å². The molecule has 1 aromatic carbocycles. The molecule has 0 unspecified atom stereocenters. The number of hydrogen-bond acceptors (Lipinski definition) is 6. The molecule has 3 aromatic rings. The highest BCUT2D eigenvalue weighted by Crippen LogP contribution is 2.23. The molecule has 0 spiro atoms. The number of carbonyl (C=O) groups excluding carboxylic acids is 1. The van der Waals surface area contributed by atoms with Crippen LogP contribution < -0.4 is 10.1 Å². The number of nitrogens with one attached hydrogen (secondary N) is 1. The minimum Gasteiger partial charge on any atom is -0.504 e. The minimum absolute atomic E-state index is 0.0689. The number of thioether (sulfide) groups is 1. The third kappa shape index (κ3) is 4.10. The zero-order chi connectivity index (χ0) is 17.6. The Morgan fingerprint density at radius 1 is 1.24 bits per heavy atom. The number of carbonyl (C=O) groups is 1. The van der Waals surface area contributed by atoms with E-state index in [0.717, 1.165) is 11.4 Å². The Morgan fingerprint density at radius 2 is 2.04 bits per heavy atom. The van der Waals surface area contributed by atoms with Crippen LogP contribution in [0.1, 0.15) is 0 Å². The lowest BCUT2D eigenvalue weighted by Gasteiger charge is -2.09. The van der Waals surface area contributed by atoms with Crippen LogP contribution in [0.4, 0.5) is 5.82 Å². The van der Waals surface area contributed by atoms with Crippen LogP contribution in [-0.2, 0) is 4.79 Å². The topological polar surface area (TPSA) is 89.3 Å². The summed E-state index contributed by atoms with van der Waals surface area (Å²) in [6.45, 7) is 0. The number of aromatic hydroxyl groups is 1. The van der Waals surface area contributed by atoms with Crippen molar-refractivity contribution in [2.75, 3.05) is 18.2 Å². The van der Waals surface area contributed by atoms with Crippen LogP contribution in [0.2, 0.25) is 0 Å². The van der Waals surface area contributed by atoms with Gasteiger partial charge in [-0.15, -0.1) is 0 Å². The lowest BCUT2D eigenvalue weighted by Crippen LogP contribution is -2.15. The maximum Gasteiger partial charge on any atom is 0.236 e. The predicted octanol–water partition coefficient (Wildman–Crippen LogP) is 2.71. The maximum atomic E-state index is 12.1. The highest BCUT2D eigenvalue weighted by Gasteiger charge is 2.11. The Kier molecular flexibility index (Phi) is 5.20. The van der Waals surface area contributed by atoms with Crippen LogP contribution in [0.25, 0.3) is 5.69 Å². The first-order valence-electron chi connectivity index (χ1n) is 7.42. The van der Waals surface area contributed by atoms with Gasteiger partial charge in [-0.25, -0.2) is 9.97 Å². The number of hydrogen-bond donors (Lipinski definition) is 2. The molecule has 0 saturated heterocycles. The first-order valence-corrected chi connectivity index (χ1v) is 8.40. The molecule has 0 fully saturated rings. The van der Waals surface area contributed by atoms with E-state index in [2.05, 4.69) is 15.3 Å². The SMILES string of the molecule is COc1ccc(-n2ccnc2SCC(=O)Nc2ncccc2O)cc1. The van der Waals surface area contributed by atoms with Gasteiger partial charge in [0.05, 0.1) is 12.9 Å². The number of pyridine rings is 1. The summed E-state index contributed by atoms with van der Waals surface area (Å²) in [6.07, 6.45) is 5.00. The number of anilines is 1.